The first-order valence-electron chi connectivity index (χ1n) is 8.34. The molecule has 0 spiro atoms. The molecule has 2 fully saturated rings. The first-order chi connectivity index (χ1) is 10.5. The lowest BCUT2D eigenvalue weighted by atomic mass is 9.80. The zero-order valence-corrected chi connectivity index (χ0v) is 13.6. The third-order valence-corrected chi connectivity index (χ3v) is 5.39. The number of aromatic amines is 1. The summed E-state index contributed by atoms with van der Waals surface area (Å²) in [6.45, 7) is 7.24. The zero-order valence-electron chi connectivity index (χ0n) is 13.6. The maximum atomic E-state index is 12.4. The number of carbonyl (C=O) groups excluding carboxylic acids is 1. The van der Waals surface area contributed by atoms with Crippen LogP contribution in [0.15, 0.2) is 6.20 Å². The van der Waals surface area contributed by atoms with Gasteiger partial charge in [0.1, 0.15) is 11.4 Å². The topological polar surface area (TPSA) is 87.0 Å². The van der Waals surface area contributed by atoms with Gasteiger partial charge in [0.15, 0.2) is 0 Å². The van der Waals surface area contributed by atoms with Crippen molar-refractivity contribution in [2.24, 2.45) is 11.3 Å². The molecule has 1 aliphatic carbocycles. The summed E-state index contributed by atoms with van der Waals surface area (Å²) in [4.78, 5) is 14.3. The van der Waals surface area contributed by atoms with E-state index in [1.165, 1.54) is 19.0 Å². The Morgan fingerprint density at radius 3 is 2.82 bits per heavy atom. The van der Waals surface area contributed by atoms with Crippen molar-refractivity contribution in [3.05, 3.63) is 11.8 Å². The number of hydrogen-bond donors (Lipinski definition) is 3. The number of H-pyrrole nitrogens is 1. The van der Waals surface area contributed by atoms with Crippen molar-refractivity contribution in [1.29, 1.82) is 0 Å². The van der Waals surface area contributed by atoms with Gasteiger partial charge in [0, 0.05) is 25.7 Å². The number of hydrogen-bond acceptors (Lipinski definition) is 4. The quantitative estimate of drug-likeness (QED) is 0.771. The number of rotatable bonds is 5. The second-order valence-electron chi connectivity index (χ2n) is 7.19. The van der Waals surface area contributed by atoms with Gasteiger partial charge in [0.05, 0.1) is 6.20 Å². The summed E-state index contributed by atoms with van der Waals surface area (Å²) in [5.41, 5.74) is 6.52. The maximum absolute atomic E-state index is 12.4. The van der Waals surface area contributed by atoms with E-state index in [0.29, 0.717) is 16.8 Å². The molecule has 0 aromatic carbocycles. The minimum absolute atomic E-state index is 0.00509. The maximum Gasteiger partial charge on any atom is 0.259 e. The van der Waals surface area contributed by atoms with Crippen LogP contribution < -0.4 is 11.1 Å². The van der Waals surface area contributed by atoms with Gasteiger partial charge in [-0.15, -0.1) is 0 Å². The Labute approximate surface area is 131 Å². The van der Waals surface area contributed by atoms with Gasteiger partial charge >= 0.3 is 0 Å². The molecule has 0 bridgehead atoms. The number of piperidine rings is 1. The van der Waals surface area contributed by atoms with E-state index in [9.17, 15) is 4.79 Å². The summed E-state index contributed by atoms with van der Waals surface area (Å²) < 4.78 is 0. The van der Waals surface area contributed by atoms with E-state index in [1.807, 2.05) is 4.90 Å². The Bertz CT molecular complexity index is 532. The van der Waals surface area contributed by atoms with E-state index >= 15 is 0 Å². The minimum atomic E-state index is -0.00509. The number of aromatic nitrogens is 2. The summed E-state index contributed by atoms with van der Waals surface area (Å²) in [5.74, 6) is 1.24. The summed E-state index contributed by atoms with van der Waals surface area (Å²) in [7, 11) is 0. The van der Waals surface area contributed by atoms with Gasteiger partial charge in [0.2, 0.25) is 0 Å². The van der Waals surface area contributed by atoms with E-state index in [-0.39, 0.29) is 5.91 Å². The van der Waals surface area contributed by atoms with Crippen LogP contribution >= 0.6 is 0 Å². The first kappa shape index (κ1) is 15.3. The Morgan fingerprint density at radius 1 is 1.55 bits per heavy atom. The molecule has 6 nitrogen and oxygen atoms in total. The average Bonchev–Trinajstić information content (AvgIpc) is 3.16. The molecular weight excluding hydrogens is 278 g/mol. The standard InChI is InChI=1S/C16H27N5O/c1-3-11-8-13(11)18-10-16(2)4-6-21(7-5-16)15(22)12-9-19-20-14(12)17/h9,11,13,18H,3-8,10H2,1-2H3,(H3,17,19,20). The fourth-order valence-corrected chi connectivity index (χ4v) is 3.39. The lowest BCUT2D eigenvalue weighted by Gasteiger charge is -2.39. The van der Waals surface area contributed by atoms with Crippen molar-refractivity contribution < 1.29 is 4.79 Å². The predicted octanol–water partition coefficient (Wildman–Crippen LogP) is 1.62. The third kappa shape index (κ3) is 3.11. The summed E-state index contributed by atoms with van der Waals surface area (Å²) >= 11 is 0. The van der Waals surface area contributed by atoms with E-state index in [4.69, 9.17) is 5.73 Å². The Morgan fingerprint density at radius 2 is 2.27 bits per heavy atom. The lowest BCUT2D eigenvalue weighted by Crippen LogP contribution is -2.46. The molecular formula is C16H27N5O. The highest BCUT2D eigenvalue weighted by atomic mass is 16.2. The second kappa shape index (κ2) is 5.91. The molecule has 122 valence electrons. The van der Waals surface area contributed by atoms with E-state index in [2.05, 4.69) is 29.4 Å². The van der Waals surface area contributed by atoms with Crippen molar-refractivity contribution in [1.82, 2.24) is 20.4 Å². The van der Waals surface area contributed by atoms with Gasteiger partial charge in [-0.3, -0.25) is 9.89 Å². The number of anilines is 1. The predicted molar refractivity (Wildman–Crippen MR) is 86.4 cm³/mol. The Hall–Kier alpha value is -1.56. The van der Waals surface area contributed by atoms with Crippen molar-refractivity contribution >= 4 is 11.7 Å². The van der Waals surface area contributed by atoms with Gasteiger partial charge in [0.25, 0.3) is 5.91 Å². The number of nitrogens with zero attached hydrogens (tertiary/aromatic N) is 2. The Kier molecular flexibility index (Phi) is 4.12. The van der Waals surface area contributed by atoms with Crippen LogP contribution in [0.5, 0.6) is 0 Å². The monoisotopic (exact) mass is 305 g/mol. The third-order valence-electron chi connectivity index (χ3n) is 5.39. The number of carbonyl (C=O) groups is 1. The molecule has 1 saturated carbocycles. The smallest absolute Gasteiger partial charge is 0.259 e. The molecule has 2 aliphatic rings. The molecule has 0 radical (unpaired) electrons. The number of nitrogens with one attached hydrogen (secondary N) is 2. The van der Waals surface area contributed by atoms with Crippen LogP contribution in [0.3, 0.4) is 0 Å². The largest absolute Gasteiger partial charge is 0.383 e. The fraction of sp³-hybridized carbons (Fsp3) is 0.750. The minimum Gasteiger partial charge on any atom is -0.383 e. The fourth-order valence-electron chi connectivity index (χ4n) is 3.39. The number of nitrogen functional groups attached to an aromatic ring is 1. The molecule has 1 amide bonds. The van der Waals surface area contributed by atoms with E-state index in [1.54, 1.807) is 0 Å². The van der Waals surface area contributed by atoms with Crippen LogP contribution in [0.2, 0.25) is 0 Å². The van der Waals surface area contributed by atoms with Crippen molar-refractivity contribution in [2.75, 3.05) is 25.4 Å². The average molecular weight is 305 g/mol. The summed E-state index contributed by atoms with van der Waals surface area (Å²) in [6, 6.07) is 0.729. The van der Waals surface area contributed by atoms with Gasteiger partial charge in [-0.2, -0.15) is 5.10 Å². The van der Waals surface area contributed by atoms with Gasteiger partial charge in [-0.25, -0.2) is 0 Å². The zero-order chi connectivity index (χ0) is 15.7. The van der Waals surface area contributed by atoms with E-state index in [0.717, 1.165) is 44.4 Å². The van der Waals surface area contributed by atoms with Gasteiger partial charge in [-0.1, -0.05) is 20.3 Å². The van der Waals surface area contributed by atoms with Gasteiger partial charge in [-0.05, 0) is 30.6 Å². The van der Waals surface area contributed by atoms with Crippen LogP contribution in [0.25, 0.3) is 0 Å². The van der Waals surface area contributed by atoms with Crippen molar-refractivity contribution in [3.63, 3.8) is 0 Å². The number of nitrogens with two attached hydrogens (primary N) is 1. The van der Waals surface area contributed by atoms with Crippen LogP contribution in [0, 0.1) is 11.3 Å². The first-order valence-corrected chi connectivity index (χ1v) is 8.34. The molecule has 2 unspecified atom stereocenters. The van der Waals surface area contributed by atoms with Crippen LogP contribution in [0.4, 0.5) is 5.82 Å². The van der Waals surface area contributed by atoms with E-state index < -0.39 is 0 Å². The normalized spacial score (nSPS) is 26.9. The highest BCUT2D eigenvalue weighted by Gasteiger charge is 2.38. The molecule has 2 heterocycles. The number of amides is 1. The van der Waals surface area contributed by atoms with Crippen LogP contribution in [0.1, 0.15) is 49.9 Å². The highest BCUT2D eigenvalue weighted by Crippen LogP contribution is 2.36. The Balaban J connectivity index is 1.49. The van der Waals surface area contributed by atoms with Crippen molar-refractivity contribution in [3.8, 4) is 0 Å². The van der Waals surface area contributed by atoms with Crippen LogP contribution in [-0.2, 0) is 0 Å². The van der Waals surface area contributed by atoms with Crippen molar-refractivity contribution in [2.45, 2.75) is 45.6 Å². The SMILES string of the molecule is CCC1CC1NCC1(C)CCN(C(=O)c2cn[nH]c2N)CC1. The second-order valence-corrected chi connectivity index (χ2v) is 7.19. The molecule has 22 heavy (non-hydrogen) atoms. The molecule has 2 atom stereocenters. The molecule has 6 heteroatoms. The number of likely N-dealkylation sites (tertiary alicyclic amines) is 1. The highest BCUT2D eigenvalue weighted by molar-refractivity contribution is 5.98. The molecule has 3 rings (SSSR count). The lowest BCUT2D eigenvalue weighted by molar-refractivity contribution is 0.0605. The molecule has 1 saturated heterocycles. The molecule has 1 aliphatic heterocycles. The molecule has 1 aromatic heterocycles. The molecule has 1 aromatic rings. The van der Waals surface area contributed by atoms with Gasteiger partial charge < -0.3 is 16.0 Å². The summed E-state index contributed by atoms with van der Waals surface area (Å²) in [5, 5.41) is 10.2. The summed E-state index contributed by atoms with van der Waals surface area (Å²) in [6.07, 6.45) is 6.20. The molecule has 4 N–H and O–H groups in total. The van der Waals surface area contributed by atoms with Crippen LogP contribution in [-0.4, -0.2) is 46.7 Å².